The molecule has 0 bridgehead atoms. The Morgan fingerprint density at radius 3 is 1.88 bits per heavy atom. The first-order valence-corrected chi connectivity index (χ1v) is 1.70. The van der Waals surface area contributed by atoms with E-state index in [1.54, 1.807) is 0 Å². The Morgan fingerprint density at radius 2 is 1.88 bits per heavy atom. The SMILES string of the molecule is N#C[C@H](N)C(F)(F)F. The van der Waals surface area contributed by atoms with Gasteiger partial charge in [0.2, 0.25) is 0 Å². The largest absolute Gasteiger partial charge is 0.416 e. The van der Waals surface area contributed by atoms with Crippen LogP contribution in [0.2, 0.25) is 0 Å². The van der Waals surface area contributed by atoms with E-state index in [1.807, 2.05) is 0 Å². The van der Waals surface area contributed by atoms with Gasteiger partial charge in [-0.05, 0) is 0 Å². The number of alkyl halides is 3. The Balaban J connectivity index is 3.87. The highest BCUT2D eigenvalue weighted by atomic mass is 19.4. The minimum Gasteiger partial charge on any atom is -0.308 e. The van der Waals surface area contributed by atoms with Crippen molar-refractivity contribution in [3.8, 4) is 6.07 Å². The highest BCUT2D eigenvalue weighted by Gasteiger charge is 2.36. The molecule has 0 aliphatic rings. The number of halogens is 3. The lowest BCUT2D eigenvalue weighted by Gasteiger charge is -2.05. The van der Waals surface area contributed by atoms with Crippen LogP contribution in [-0.4, -0.2) is 12.2 Å². The van der Waals surface area contributed by atoms with Gasteiger partial charge >= 0.3 is 6.18 Å². The molecule has 46 valence electrons. The maximum atomic E-state index is 11.1. The molecule has 0 heterocycles. The van der Waals surface area contributed by atoms with Crippen LogP contribution in [0.15, 0.2) is 0 Å². The predicted molar refractivity (Wildman–Crippen MR) is 19.6 cm³/mol. The summed E-state index contributed by atoms with van der Waals surface area (Å²) in [6.07, 6.45) is -4.57. The van der Waals surface area contributed by atoms with Crippen LogP contribution in [0.1, 0.15) is 0 Å². The average Bonchev–Trinajstić information content (AvgIpc) is 1.62. The van der Waals surface area contributed by atoms with Crippen LogP contribution in [0.25, 0.3) is 0 Å². The van der Waals surface area contributed by atoms with E-state index in [0.717, 1.165) is 6.07 Å². The lowest BCUT2D eigenvalue weighted by atomic mass is 10.3. The third kappa shape index (κ3) is 1.80. The summed E-state index contributed by atoms with van der Waals surface area (Å²) in [5.41, 5.74) is 4.26. The highest BCUT2D eigenvalue weighted by molar-refractivity contribution is 4.92. The summed E-state index contributed by atoms with van der Waals surface area (Å²) in [6.45, 7) is 0. The fraction of sp³-hybridized carbons (Fsp3) is 0.667. The molecule has 0 aromatic rings. The molecule has 0 aliphatic carbocycles. The smallest absolute Gasteiger partial charge is 0.308 e. The van der Waals surface area contributed by atoms with Gasteiger partial charge in [-0.1, -0.05) is 0 Å². The molecule has 2 nitrogen and oxygen atoms in total. The van der Waals surface area contributed by atoms with Gasteiger partial charge < -0.3 is 5.73 Å². The predicted octanol–water partition coefficient (Wildman–Crippen LogP) is 0.400. The summed E-state index contributed by atoms with van der Waals surface area (Å²) in [5.74, 6) is 0. The molecular weight excluding hydrogens is 121 g/mol. The van der Waals surface area contributed by atoms with E-state index in [2.05, 4.69) is 5.73 Å². The molecular formula is C3H3F3N2. The van der Waals surface area contributed by atoms with Crippen molar-refractivity contribution < 1.29 is 13.2 Å². The van der Waals surface area contributed by atoms with Gasteiger partial charge in [0.1, 0.15) is 0 Å². The first-order chi connectivity index (χ1) is 3.48. The number of nitriles is 1. The first kappa shape index (κ1) is 7.24. The molecule has 1 atom stereocenters. The van der Waals surface area contributed by atoms with Gasteiger partial charge in [0.05, 0.1) is 6.07 Å². The molecule has 0 aromatic carbocycles. The van der Waals surface area contributed by atoms with E-state index >= 15 is 0 Å². The van der Waals surface area contributed by atoms with Crippen molar-refractivity contribution in [3.63, 3.8) is 0 Å². The topological polar surface area (TPSA) is 49.8 Å². The highest BCUT2D eigenvalue weighted by Crippen LogP contribution is 2.16. The zero-order valence-corrected chi connectivity index (χ0v) is 3.74. The second-order valence-corrected chi connectivity index (χ2v) is 1.15. The fourth-order valence-corrected chi connectivity index (χ4v) is 0.0732. The summed E-state index contributed by atoms with van der Waals surface area (Å²) in [5, 5.41) is 7.58. The quantitative estimate of drug-likeness (QED) is 0.508. The van der Waals surface area contributed by atoms with Crippen molar-refractivity contribution in [1.29, 1.82) is 5.26 Å². The number of hydrogen-bond donors (Lipinski definition) is 1. The molecule has 0 unspecified atom stereocenters. The summed E-state index contributed by atoms with van der Waals surface area (Å²) in [4.78, 5) is 0. The van der Waals surface area contributed by atoms with Crippen LogP contribution in [-0.2, 0) is 0 Å². The molecule has 0 aliphatic heterocycles. The maximum absolute atomic E-state index is 11.1. The molecule has 0 aromatic heterocycles. The second kappa shape index (κ2) is 2.01. The maximum Gasteiger partial charge on any atom is 0.416 e. The third-order valence-electron chi connectivity index (χ3n) is 0.492. The van der Waals surface area contributed by atoms with Crippen molar-refractivity contribution in [3.05, 3.63) is 0 Å². The average molecular weight is 124 g/mol. The molecule has 5 heteroatoms. The lowest BCUT2D eigenvalue weighted by molar-refractivity contribution is -0.135. The molecule has 2 N–H and O–H groups in total. The number of nitrogens with zero attached hydrogens (tertiary/aromatic N) is 1. The Hall–Kier alpha value is -0.760. The number of nitrogens with two attached hydrogens (primary N) is 1. The standard InChI is InChI=1S/C3H3F3N2/c4-3(5,6)2(8)1-7/h2H,8H2/t2-/m0/s1. The van der Waals surface area contributed by atoms with Gasteiger partial charge in [-0.3, -0.25) is 0 Å². The van der Waals surface area contributed by atoms with E-state index in [1.165, 1.54) is 0 Å². The zero-order valence-electron chi connectivity index (χ0n) is 3.74. The molecule has 0 saturated carbocycles. The van der Waals surface area contributed by atoms with E-state index in [0.29, 0.717) is 0 Å². The summed E-state index contributed by atoms with van der Waals surface area (Å²) < 4.78 is 33.3. The van der Waals surface area contributed by atoms with Crippen LogP contribution >= 0.6 is 0 Å². The van der Waals surface area contributed by atoms with E-state index < -0.39 is 12.2 Å². The first-order valence-electron chi connectivity index (χ1n) is 1.70. The minimum atomic E-state index is -4.57. The normalized spacial score (nSPS) is 14.9. The monoisotopic (exact) mass is 124 g/mol. The molecule has 0 amide bonds. The molecule has 0 fully saturated rings. The molecule has 0 saturated heterocycles. The van der Waals surface area contributed by atoms with Crippen molar-refractivity contribution >= 4 is 0 Å². The van der Waals surface area contributed by atoms with Gasteiger partial charge in [0.25, 0.3) is 0 Å². The van der Waals surface area contributed by atoms with Crippen molar-refractivity contribution in [2.24, 2.45) is 5.73 Å². The minimum absolute atomic E-state index is 0.858. The van der Waals surface area contributed by atoms with Crippen LogP contribution in [0.4, 0.5) is 13.2 Å². The van der Waals surface area contributed by atoms with Crippen molar-refractivity contribution in [2.75, 3.05) is 0 Å². The van der Waals surface area contributed by atoms with Crippen molar-refractivity contribution in [1.82, 2.24) is 0 Å². The summed E-state index contributed by atoms with van der Waals surface area (Å²) in [6, 6.07) is -1.49. The lowest BCUT2D eigenvalue weighted by Crippen LogP contribution is -2.35. The van der Waals surface area contributed by atoms with Gasteiger partial charge in [0, 0.05) is 0 Å². The summed E-state index contributed by atoms with van der Waals surface area (Å²) >= 11 is 0. The van der Waals surface area contributed by atoms with E-state index in [4.69, 9.17) is 5.26 Å². The Morgan fingerprint density at radius 1 is 1.50 bits per heavy atom. The van der Waals surface area contributed by atoms with Gasteiger partial charge in [-0.2, -0.15) is 18.4 Å². The van der Waals surface area contributed by atoms with Crippen LogP contribution in [0, 0.1) is 11.3 Å². The molecule has 8 heavy (non-hydrogen) atoms. The molecule has 0 spiro atoms. The number of hydrogen-bond acceptors (Lipinski definition) is 2. The van der Waals surface area contributed by atoms with Crippen molar-refractivity contribution in [2.45, 2.75) is 12.2 Å². The third-order valence-corrected chi connectivity index (χ3v) is 0.492. The summed E-state index contributed by atoms with van der Waals surface area (Å²) in [7, 11) is 0. The van der Waals surface area contributed by atoms with Gasteiger partial charge in [-0.25, -0.2) is 0 Å². The zero-order chi connectivity index (χ0) is 6.78. The van der Waals surface area contributed by atoms with Gasteiger partial charge in [0.15, 0.2) is 6.04 Å². The van der Waals surface area contributed by atoms with Crippen LogP contribution in [0.5, 0.6) is 0 Å². The number of rotatable bonds is 0. The fourth-order valence-electron chi connectivity index (χ4n) is 0.0732. The van der Waals surface area contributed by atoms with Gasteiger partial charge in [-0.15, -0.1) is 0 Å². The van der Waals surface area contributed by atoms with E-state index in [-0.39, 0.29) is 0 Å². The Labute approximate surface area is 43.7 Å². The van der Waals surface area contributed by atoms with Crippen LogP contribution in [0.3, 0.4) is 0 Å². The van der Waals surface area contributed by atoms with Crippen LogP contribution < -0.4 is 5.73 Å². The molecule has 0 rings (SSSR count). The Bertz CT molecular complexity index is 111. The molecule has 0 radical (unpaired) electrons. The van der Waals surface area contributed by atoms with E-state index in [9.17, 15) is 13.2 Å². The second-order valence-electron chi connectivity index (χ2n) is 1.15. The Kier molecular flexibility index (Phi) is 1.82.